The molecule has 1 saturated heterocycles. The fraction of sp³-hybridized carbons (Fsp3) is 0.562. The van der Waals surface area contributed by atoms with Crippen LogP contribution in [0.3, 0.4) is 0 Å². The van der Waals surface area contributed by atoms with Gasteiger partial charge in [-0.2, -0.15) is 5.10 Å². The first-order chi connectivity index (χ1) is 12.2. The van der Waals surface area contributed by atoms with Crippen molar-refractivity contribution in [2.24, 2.45) is 0 Å². The minimum absolute atomic E-state index is 0.145. The average molecular weight is 345 g/mol. The Labute approximate surface area is 146 Å². The van der Waals surface area contributed by atoms with Crippen molar-refractivity contribution >= 4 is 11.9 Å². The minimum atomic E-state index is -0.329. The van der Waals surface area contributed by atoms with Crippen molar-refractivity contribution in [2.45, 2.75) is 38.8 Å². The fourth-order valence-corrected chi connectivity index (χ4v) is 2.72. The van der Waals surface area contributed by atoms with Gasteiger partial charge in [-0.3, -0.25) is 20.1 Å². The van der Waals surface area contributed by atoms with Crippen molar-refractivity contribution in [1.82, 2.24) is 30.0 Å². The molecule has 2 N–H and O–H groups in total. The molecule has 2 aromatic heterocycles. The molecule has 9 heteroatoms. The molecule has 0 aliphatic carbocycles. The number of hydrogen-bond donors (Lipinski definition) is 2. The smallest absolute Gasteiger partial charge is 0.243 e. The second-order valence-electron chi connectivity index (χ2n) is 5.98. The third-order valence-corrected chi connectivity index (χ3v) is 4.15. The van der Waals surface area contributed by atoms with Crippen LogP contribution in [0, 0.1) is 0 Å². The van der Waals surface area contributed by atoms with Gasteiger partial charge in [-0.05, 0) is 19.4 Å². The Hall–Kier alpha value is -2.39. The maximum absolute atomic E-state index is 12.4. The van der Waals surface area contributed by atoms with Crippen LogP contribution in [-0.4, -0.2) is 61.7 Å². The van der Waals surface area contributed by atoms with Crippen LogP contribution in [0.2, 0.25) is 0 Å². The third kappa shape index (κ3) is 4.37. The van der Waals surface area contributed by atoms with Crippen LogP contribution in [0.25, 0.3) is 0 Å². The molecule has 3 rings (SSSR count). The van der Waals surface area contributed by atoms with Crippen LogP contribution in [0.15, 0.2) is 18.5 Å². The summed E-state index contributed by atoms with van der Waals surface area (Å²) in [6.07, 6.45) is 4.81. The molecular formula is C16H23N7O2. The number of ether oxygens (including phenoxy) is 1. The van der Waals surface area contributed by atoms with E-state index in [0.29, 0.717) is 31.5 Å². The van der Waals surface area contributed by atoms with Crippen LogP contribution in [0.5, 0.6) is 0 Å². The van der Waals surface area contributed by atoms with Crippen molar-refractivity contribution in [1.29, 1.82) is 0 Å². The van der Waals surface area contributed by atoms with Crippen LogP contribution >= 0.6 is 0 Å². The van der Waals surface area contributed by atoms with Crippen LogP contribution < -0.4 is 5.32 Å². The lowest BCUT2D eigenvalue weighted by Gasteiger charge is -2.34. The highest BCUT2D eigenvalue weighted by Crippen LogP contribution is 2.21. The average Bonchev–Trinajstić information content (AvgIpc) is 3.11. The molecule has 1 amide bonds. The van der Waals surface area contributed by atoms with Crippen molar-refractivity contribution in [3.05, 3.63) is 30.1 Å². The summed E-state index contributed by atoms with van der Waals surface area (Å²) < 4.78 is 5.79. The van der Waals surface area contributed by atoms with E-state index in [2.05, 4.69) is 42.3 Å². The van der Waals surface area contributed by atoms with E-state index in [1.807, 2.05) is 6.92 Å². The number of carbonyl (C=O) groups excluding carboxylic acids is 1. The van der Waals surface area contributed by atoms with Gasteiger partial charge in [0.25, 0.3) is 0 Å². The van der Waals surface area contributed by atoms with Gasteiger partial charge in [-0.25, -0.2) is 15.0 Å². The number of carbonyl (C=O) groups is 1. The molecular weight excluding hydrogens is 322 g/mol. The number of rotatable bonds is 6. The molecule has 1 fully saturated rings. The maximum atomic E-state index is 12.4. The molecule has 0 saturated carbocycles. The van der Waals surface area contributed by atoms with Gasteiger partial charge in [0.05, 0.1) is 12.6 Å². The number of nitrogens with one attached hydrogen (secondary N) is 2. The monoisotopic (exact) mass is 345 g/mol. The van der Waals surface area contributed by atoms with Gasteiger partial charge in [0.15, 0.2) is 5.82 Å². The van der Waals surface area contributed by atoms with Crippen LogP contribution in [0.1, 0.15) is 38.0 Å². The molecule has 0 spiro atoms. The molecule has 2 aromatic rings. The molecule has 0 aromatic carbocycles. The van der Waals surface area contributed by atoms with E-state index in [1.54, 1.807) is 18.5 Å². The lowest BCUT2D eigenvalue weighted by atomic mass is 10.2. The number of anilines is 1. The highest BCUT2D eigenvalue weighted by atomic mass is 16.5. The van der Waals surface area contributed by atoms with E-state index in [9.17, 15) is 4.79 Å². The predicted molar refractivity (Wildman–Crippen MR) is 90.8 cm³/mol. The van der Waals surface area contributed by atoms with E-state index < -0.39 is 0 Å². The lowest BCUT2D eigenvalue weighted by Crippen LogP contribution is -2.48. The Morgan fingerprint density at radius 1 is 1.48 bits per heavy atom. The number of nitrogens with zero attached hydrogens (tertiary/aromatic N) is 5. The van der Waals surface area contributed by atoms with E-state index in [1.165, 1.54) is 0 Å². The number of aromatic amines is 1. The zero-order valence-corrected chi connectivity index (χ0v) is 14.5. The summed E-state index contributed by atoms with van der Waals surface area (Å²) in [5.41, 5.74) is 0. The Balaban J connectivity index is 1.60. The highest BCUT2D eigenvalue weighted by Gasteiger charge is 2.31. The fourth-order valence-electron chi connectivity index (χ4n) is 2.72. The minimum Gasteiger partial charge on any atom is -0.367 e. The van der Waals surface area contributed by atoms with E-state index in [-0.39, 0.29) is 18.1 Å². The molecule has 2 atom stereocenters. The van der Waals surface area contributed by atoms with Gasteiger partial charge >= 0.3 is 0 Å². The van der Waals surface area contributed by atoms with E-state index >= 15 is 0 Å². The summed E-state index contributed by atoms with van der Waals surface area (Å²) >= 11 is 0. The van der Waals surface area contributed by atoms with Crippen molar-refractivity contribution < 1.29 is 9.53 Å². The summed E-state index contributed by atoms with van der Waals surface area (Å²) in [6.45, 7) is 5.72. The van der Waals surface area contributed by atoms with Crippen LogP contribution in [-0.2, 0) is 16.0 Å². The molecule has 25 heavy (non-hydrogen) atoms. The van der Waals surface area contributed by atoms with Gasteiger partial charge in [0, 0.05) is 31.9 Å². The van der Waals surface area contributed by atoms with E-state index in [0.717, 1.165) is 18.7 Å². The summed E-state index contributed by atoms with van der Waals surface area (Å²) in [5.74, 6) is 1.67. The molecule has 3 heterocycles. The molecule has 1 aliphatic rings. The first-order valence-corrected chi connectivity index (χ1v) is 8.52. The first kappa shape index (κ1) is 17.4. The number of aromatic nitrogens is 5. The van der Waals surface area contributed by atoms with Gasteiger partial charge in [0.2, 0.25) is 11.9 Å². The Morgan fingerprint density at radius 2 is 2.28 bits per heavy atom. The second kappa shape index (κ2) is 8.13. The van der Waals surface area contributed by atoms with Gasteiger partial charge in [-0.1, -0.05) is 6.92 Å². The predicted octanol–water partition coefficient (Wildman–Crippen LogP) is 0.948. The SMILES string of the molecule is CCCc1nc(C2CN(C(C)C(=O)Nc3ncccn3)CCO2)n[nH]1. The number of H-pyrrole nitrogens is 1. The Bertz CT molecular complexity index is 691. The number of hydrogen-bond acceptors (Lipinski definition) is 7. The molecule has 9 nitrogen and oxygen atoms in total. The van der Waals surface area contributed by atoms with Gasteiger partial charge < -0.3 is 4.74 Å². The van der Waals surface area contributed by atoms with E-state index in [4.69, 9.17) is 4.74 Å². The van der Waals surface area contributed by atoms with Gasteiger partial charge in [-0.15, -0.1) is 0 Å². The van der Waals surface area contributed by atoms with Crippen LogP contribution in [0.4, 0.5) is 5.95 Å². The number of morpholine rings is 1. The van der Waals surface area contributed by atoms with Crippen molar-refractivity contribution in [3.8, 4) is 0 Å². The molecule has 0 radical (unpaired) electrons. The summed E-state index contributed by atoms with van der Waals surface area (Å²) in [7, 11) is 0. The third-order valence-electron chi connectivity index (χ3n) is 4.15. The normalized spacial score (nSPS) is 19.5. The number of amides is 1. The molecule has 0 bridgehead atoms. The quantitative estimate of drug-likeness (QED) is 0.802. The zero-order valence-electron chi connectivity index (χ0n) is 14.5. The number of aryl methyl sites for hydroxylation is 1. The summed E-state index contributed by atoms with van der Waals surface area (Å²) in [6, 6.07) is 1.37. The second-order valence-corrected chi connectivity index (χ2v) is 5.98. The maximum Gasteiger partial charge on any atom is 0.243 e. The zero-order chi connectivity index (χ0) is 17.6. The Kier molecular flexibility index (Phi) is 5.67. The summed E-state index contributed by atoms with van der Waals surface area (Å²) in [5, 5.41) is 9.94. The first-order valence-electron chi connectivity index (χ1n) is 8.52. The molecule has 134 valence electrons. The highest BCUT2D eigenvalue weighted by molar-refractivity contribution is 5.93. The van der Waals surface area contributed by atoms with Crippen molar-refractivity contribution in [3.63, 3.8) is 0 Å². The largest absolute Gasteiger partial charge is 0.367 e. The standard InChI is InChI=1S/C16H23N7O2/c1-3-5-13-19-14(22-21-13)12-10-23(8-9-25-12)11(2)15(24)20-16-17-6-4-7-18-16/h4,6-7,11-12H,3,5,8-10H2,1-2H3,(H,19,21,22)(H,17,18,20,24). The lowest BCUT2D eigenvalue weighted by molar-refractivity contribution is -0.124. The van der Waals surface area contributed by atoms with Gasteiger partial charge in [0.1, 0.15) is 11.9 Å². The Morgan fingerprint density at radius 3 is 3.04 bits per heavy atom. The van der Waals surface area contributed by atoms with Crippen molar-refractivity contribution in [2.75, 3.05) is 25.0 Å². The molecule has 1 aliphatic heterocycles. The molecule has 2 unspecified atom stereocenters. The summed E-state index contributed by atoms with van der Waals surface area (Å²) in [4.78, 5) is 27.0. The topological polar surface area (TPSA) is 109 Å².